The fourth-order valence-electron chi connectivity index (χ4n) is 9.26. The summed E-state index contributed by atoms with van der Waals surface area (Å²) in [6, 6.07) is 0. The number of hydrogen-bond acceptors (Lipinski definition) is 1. The highest BCUT2D eigenvalue weighted by atomic mass is 16.3. The van der Waals surface area contributed by atoms with Gasteiger partial charge >= 0.3 is 0 Å². The number of fused-ring (bicyclic) bond motifs is 5. The van der Waals surface area contributed by atoms with Crippen molar-refractivity contribution in [2.45, 2.75) is 118 Å². The smallest absolute Gasteiger partial charge is 0.0543 e. The summed E-state index contributed by atoms with van der Waals surface area (Å²) in [7, 11) is 0. The molecule has 0 aromatic heterocycles. The molecule has 1 heteroatoms. The Balaban J connectivity index is 1.46. The maximum Gasteiger partial charge on any atom is 0.0543 e. The van der Waals surface area contributed by atoms with Crippen LogP contribution in [0.5, 0.6) is 0 Å². The largest absolute Gasteiger partial charge is 0.393 e. The molecule has 0 aromatic rings. The Morgan fingerprint density at radius 3 is 2.29 bits per heavy atom. The first-order valence-electron chi connectivity index (χ1n) is 12.9. The average molecular weight is 389 g/mol. The normalized spacial score (nSPS) is 49.4. The minimum absolute atomic E-state index is 0.00830. The van der Waals surface area contributed by atoms with Crippen molar-refractivity contribution in [3.05, 3.63) is 0 Å². The first-order chi connectivity index (χ1) is 13.3. The third-order valence-electron chi connectivity index (χ3n) is 10.8. The molecule has 0 spiro atoms. The van der Waals surface area contributed by atoms with E-state index >= 15 is 0 Å². The zero-order valence-corrected chi connectivity index (χ0v) is 19.6. The Morgan fingerprint density at radius 1 is 0.821 bits per heavy atom. The molecule has 4 unspecified atom stereocenters. The molecule has 28 heavy (non-hydrogen) atoms. The molecule has 4 rings (SSSR count). The van der Waals surface area contributed by atoms with Crippen molar-refractivity contribution in [2.75, 3.05) is 0 Å². The molecule has 0 saturated heterocycles. The minimum Gasteiger partial charge on any atom is -0.393 e. The molecule has 0 radical (unpaired) electrons. The maximum absolute atomic E-state index is 10.3. The summed E-state index contributed by atoms with van der Waals surface area (Å²) in [6.45, 7) is 12.7. The molecule has 9 atom stereocenters. The van der Waals surface area contributed by atoms with Crippen molar-refractivity contribution >= 4 is 0 Å². The predicted molar refractivity (Wildman–Crippen MR) is 119 cm³/mol. The highest BCUT2D eigenvalue weighted by Gasteiger charge is 2.60. The van der Waals surface area contributed by atoms with Gasteiger partial charge in [-0.1, -0.05) is 53.9 Å². The van der Waals surface area contributed by atoms with E-state index in [1.54, 1.807) is 0 Å². The molecule has 0 aromatic carbocycles. The fourth-order valence-corrected chi connectivity index (χ4v) is 9.26. The summed E-state index contributed by atoms with van der Waals surface area (Å²) >= 11 is 0. The van der Waals surface area contributed by atoms with Gasteiger partial charge in [-0.2, -0.15) is 0 Å². The van der Waals surface area contributed by atoms with E-state index in [0.717, 1.165) is 54.3 Å². The summed E-state index contributed by atoms with van der Waals surface area (Å²) in [4.78, 5) is 0. The quantitative estimate of drug-likeness (QED) is 0.518. The highest BCUT2D eigenvalue weighted by molar-refractivity contribution is 5.09. The van der Waals surface area contributed by atoms with Gasteiger partial charge in [0.15, 0.2) is 0 Å². The first kappa shape index (κ1) is 21.2. The number of rotatable bonds is 5. The number of aliphatic hydroxyl groups excluding tert-OH is 1. The second kappa shape index (κ2) is 7.90. The molecule has 162 valence electrons. The SMILES string of the molecule is CC(C)CCCC(C)[C@H]1CCC2C3CC[C@@H]4C[C@H](O)CC[C@]4(C)C3CC[C@@]21C. The summed E-state index contributed by atoms with van der Waals surface area (Å²) in [6.07, 6.45) is 16.6. The molecular weight excluding hydrogens is 340 g/mol. The molecule has 0 bridgehead atoms. The average Bonchev–Trinajstić information content (AvgIpc) is 2.99. The zero-order valence-electron chi connectivity index (χ0n) is 19.6. The topological polar surface area (TPSA) is 20.2 Å². The molecule has 4 saturated carbocycles. The molecule has 0 amide bonds. The molecule has 0 aliphatic heterocycles. The van der Waals surface area contributed by atoms with Crippen molar-refractivity contribution in [3.8, 4) is 0 Å². The first-order valence-corrected chi connectivity index (χ1v) is 12.9. The third kappa shape index (κ3) is 3.50. The van der Waals surface area contributed by atoms with E-state index in [4.69, 9.17) is 0 Å². The van der Waals surface area contributed by atoms with Gasteiger partial charge in [-0.25, -0.2) is 0 Å². The molecular formula is C27H48O. The van der Waals surface area contributed by atoms with Gasteiger partial charge < -0.3 is 5.11 Å². The van der Waals surface area contributed by atoms with E-state index in [9.17, 15) is 5.11 Å². The van der Waals surface area contributed by atoms with Crippen molar-refractivity contribution < 1.29 is 5.11 Å². The Hall–Kier alpha value is -0.0400. The second-order valence-corrected chi connectivity index (χ2v) is 12.6. The Morgan fingerprint density at radius 2 is 1.54 bits per heavy atom. The van der Waals surface area contributed by atoms with Crippen LogP contribution in [0.2, 0.25) is 0 Å². The second-order valence-electron chi connectivity index (χ2n) is 12.6. The number of aliphatic hydroxyl groups is 1. The van der Waals surface area contributed by atoms with E-state index in [-0.39, 0.29) is 6.10 Å². The fraction of sp³-hybridized carbons (Fsp3) is 1.00. The van der Waals surface area contributed by atoms with E-state index in [0.29, 0.717) is 10.8 Å². The van der Waals surface area contributed by atoms with Gasteiger partial charge in [0.05, 0.1) is 6.10 Å². The van der Waals surface area contributed by atoms with E-state index in [2.05, 4.69) is 34.6 Å². The Labute approximate surface area is 175 Å². The molecule has 4 fully saturated rings. The number of hydrogen-bond donors (Lipinski definition) is 1. The van der Waals surface area contributed by atoms with Crippen molar-refractivity contribution in [3.63, 3.8) is 0 Å². The third-order valence-corrected chi connectivity index (χ3v) is 10.8. The molecule has 4 aliphatic rings. The van der Waals surface area contributed by atoms with Crippen LogP contribution in [0.25, 0.3) is 0 Å². The summed E-state index contributed by atoms with van der Waals surface area (Å²) in [5.41, 5.74) is 1.15. The summed E-state index contributed by atoms with van der Waals surface area (Å²) in [5, 5.41) is 10.3. The van der Waals surface area contributed by atoms with Gasteiger partial charge in [0.2, 0.25) is 0 Å². The van der Waals surface area contributed by atoms with Crippen LogP contribution in [0.4, 0.5) is 0 Å². The lowest BCUT2D eigenvalue weighted by molar-refractivity contribution is -0.129. The van der Waals surface area contributed by atoms with Gasteiger partial charge in [-0.15, -0.1) is 0 Å². The van der Waals surface area contributed by atoms with Gasteiger partial charge in [0, 0.05) is 0 Å². The van der Waals surface area contributed by atoms with Crippen LogP contribution in [-0.2, 0) is 0 Å². The van der Waals surface area contributed by atoms with Gasteiger partial charge in [-0.3, -0.25) is 0 Å². The lowest BCUT2D eigenvalue weighted by Crippen LogP contribution is -2.54. The molecule has 4 aliphatic carbocycles. The minimum atomic E-state index is -0.00830. The molecule has 0 heterocycles. The maximum atomic E-state index is 10.3. The molecule has 1 N–H and O–H groups in total. The monoisotopic (exact) mass is 388 g/mol. The van der Waals surface area contributed by atoms with Crippen LogP contribution < -0.4 is 0 Å². The predicted octanol–water partition coefficient (Wildman–Crippen LogP) is 7.47. The van der Waals surface area contributed by atoms with E-state index < -0.39 is 0 Å². The van der Waals surface area contributed by atoms with Gasteiger partial charge in [0.1, 0.15) is 0 Å². The van der Waals surface area contributed by atoms with Crippen LogP contribution in [0.1, 0.15) is 112 Å². The summed E-state index contributed by atoms with van der Waals surface area (Å²) in [5.74, 6) is 6.49. The van der Waals surface area contributed by atoms with Crippen LogP contribution in [-0.4, -0.2) is 11.2 Å². The van der Waals surface area contributed by atoms with Crippen molar-refractivity contribution in [2.24, 2.45) is 52.3 Å². The van der Waals surface area contributed by atoms with Crippen LogP contribution in [0.3, 0.4) is 0 Å². The van der Waals surface area contributed by atoms with E-state index in [1.807, 2.05) is 0 Å². The van der Waals surface area contributed by atoms with Gasteiger partial charge in [-0.05, 0) is 110 Å². The Kier molecular flexibility index (Phi) is 5.98. The lowest BCUT2D eigenvalue weighted by atomic mass is 9.44. The van der Waals surface area contributed by atoms with Gasteiger partial charge in [0.25, 0.3) is 0 Å². The molecule has 1 nitrogen and oxygen atoms in total. The van der Waals surface area contributed by atoms with Crippen LogP contribution in [0, 0.1) is 52.3 Å². The lowest BCUT2D eigenvalue weighted by Gasteiger charge is -2.61. The van der Waals surface area contributed by atoms with Crippen molar-refractivity contribution in [1.82, 2.24) is 0 Å². The van der Waals surface area contributed by atoms with Crippen molar-refractivity contribution in [1.29, 1.82) is 0 Å². The summed E-state index contributed by atoms with van der Waals surface area (Å²) < 4.78 is 0. The Bertz CT molecular complexity index is 540. The van der Waals surface area contributed by atoms with Crippen LogP contribution in [0.15, 0.2) is 0 Å². The highest BCUT2D eigenvalue weighted by Crippen LogP contribution is 2.68. The van der Waals surface area contributed by atoms with Crippen LogP contribution >= 0.6 is 0 Å². The zero-order chi connectivity index (χ0) is 20.1. The van der Waals surface area contributed by atoms with E-state index in [1.165, 1.54) is 64.2 Å². The standard InChI is InChI=1S/C27H48O/c1-18(2)7-6-8-19(3)23-11-12-24-22-10-9-20-17-21(28)13-15-26(20,4)25(22)14-16-27(23,24)5/h18-25,28H,6-17H2,1-5H3/t19?,20-,21-,22?,23-,24?,25?,26+,27-/m1/s1.